The lowest BCUT2D eigenvalue weighted by molar-refractivity contribution is -0.385. The molecule has 0 N–H and O–H groups in total. The molecule has 1 aromatic carbocycles. The number of rotatable bonds is 2. The highest BCUT2D eigenvalue weighted by atomic mass is 79.9. The summed E-state index contributed by atoms with van der Waals surface area (Å²) in [6, 6.07) is 4.67. The van der Waals surface area contributed by atoms with Crippen LogP contribution in [-0.2, 0) is 0 Å². The number of piperidine rings is 1. The van der Waals surface area contributed by atoms with Crippen molar-refractivity contribution in [3.63, 3.8) is 0 Å². The van der Waals surface area contributed by atoms with Crippen molar-refractivity contribution in [2.75, 3.05) is 13.1 Å². The molecule has 20 heavy (non-hydrogen) atoms. The molecule has 108 valence electrons. The van der Waals surface area contributed by atoms with E-state index >= 15 is 0 Å². The van der Waals surface area contributed by atoms with Crippen molar-refractivity contribution in [2.24, 2.45) is 5.92 Å². The summed E-state index contributed by atoms with van der Waals surface area (Å²) in [4.78, 5) is 25.1. The second-order valence-electron chi connectivity index (χ2n) is 5.29. The second-order valence-corrected chi connectivity index (χ2v) is 6.47. The molecule has 0 spiro atoms. The summed E-state index contributed by atoms with van der Waals surface area (Å²) < 4.78 is 0. The molecule has 1 heterocycles. The number of aryl methyl sites for hydroxylation is 1. The van der Waals surface area contributed by atoms with Crippen LogP contribution in [0.15, 0.2) is 18.2 Å². The summed E-state index contributed by atoms with van der Waals surface area (Å²) in [7, 11) is 0. The number of nitrogens with zero attached hydrogens (tertiary/aromatic N) is 2. The van der Waals surface area contributed by atoms with Crippen molar-refractivity contribution < 1.29 is 9.72 Å². The Morgan fingerprint density at radius 2 is 2.20 bits per heavy atom. The van der Waals surface area contributed by atoms with E-state index in [0.29, 0.717) is 35.0 Å². The molecule has 1 fully saturated rings. The van der Waals surface area contributed by atoms with Gasteiger partial charge in [0.1, 0.15) is 0 Å². The van der Waals surface area contributed by atoms with Gasteiger partial charge in [-0.25, -0.2) is 0 Å². The van der Waals surface area contributed by atoms with Crippen molar-refractivity contribution in [3.05, 3.63) is 39.4 Å². The minimum atomic E-state index is -0.445. The quantitative estimate of drug-likeness (QED) is 0.472. The summed E-state index contributed by atoms with van der Waals surface area (Å²) in [5, 5.41) is 10.9. The van der Waals surface area contributed by atoms with Crippen LogP contribution in [0.4, 0.5) is 5.69 Å². The van der Waals surface area contributed by atoms with Crippen LogP contribution in [0.1, 0.15) is 29.3 Å². The first-order chi connectivity index (χ1) is 9.40. The second kappa shape index (κ2) is 5.91. The first kappa shape index (κ1) is 15.0. The van der Waals surface area contributed by atoms with Gasteiger partial charge < -0.3 is 4.90 Å². The maximum atomic E-state index is 12.4. The smallest absolute Gasteiger partial charge is 0.273 e. The van der Waals surface area contributed by atoms with Gasteiger partial charge in [-0.2, -0.15) is 0 Å². The number of amides is 1. The van der Waals surface area contributed by atoms with Gasteiger partial charge in [0.2, 0.25) is 0 Å². The molecular formula is C14H17BrN2O3. The highest BCUT2D eigenvalue weighted by Crippen LogP contribution is 2.26. The van der Waals surface area contributed by atoms with Gasteiger partial charge in [-0.05, 0) is 25.3 Å². The van der Waals surface area contributed by atoms with Gasteiger partial charge in [0.05, 0.1) is 4.92 Å². The number of carbonyl (C=O) groups excluding carboxylic acids is 1. The number of hydrogen-bond donors (Lipinski definition) is 0. The summed E-state index contributed by atoms with van der Waals surface area (Å²) in [6.45, 7) is 5.12. The van der Waals surface area contributed by atoms with E-state index in [-0.39, 0.29) is 11.6 Å². The van der Waals surface area contributed by atoms with Crippen LogP contribution >= 0.6 is 15.9 Å². The summed E-state index contributed by atoms with van der Waals surface area (Å²) >= 11 is 3.60. The van der Waals surface area contributed by atoms with Crippen molar-refractivity contribution in [2.45, 2.75) is 25.1 Å². The molecule has 5 nitrogen and oxygen atoms in total. The van der Waals surface area contributed by atoms with Crippen molar-refractivity contribution in [1.29, 1.82) is 0 Å². The Kier molecular flexibility index (Phi) is 4.42. The van der Waals surface area contributed by atoms with E-state index in [1.54, 1.807) is 24.0 Å². The third-order valence-corrected chi connectivity index (χ3v) is 5.10. The first-order valence-electron chi connectivity index (χ1n) is 6.58. The summed E-state index contributed by atoms with van der Waals surface area (Å²) in [5.74, 6) is 0.257. The highest BCUT2D eigenvalue weighted by Gasteiger charge is 2.28. The van der Waals surface area contributed by atoms with E-state index < -0.39 is 4.92 Å². The van der Waals surface area contributed by atoms with Gasteiger partial charge in [0.25, 0.3) is 11.6 Å². The van der Waals surface area contributed by atoms with Crippen molar-refractivity contribution in [3.8, 4) is 0 Å². The van der Waals surface area contributed by atoms with Crippen LogP contribution in [-0.4, -0.2) is 33.6 Å². The van der Waals surface area contributed by atoms with Crippen molar-refractivity contribution in [1.82, 2.24) is 4.90 Å². The minimum Gasteiger partial charge on any atom is -0.338 e. The maximum absolute atomic E-state index is 12.4. The van der Waals surface area contributed by atoms with Gasteiger partial charge in [0.15, 0.2) is 0 Å². The van der Waals surface area contributed by atoms with Gasteiger partial charge in [-0.1, -0.05) is 28.9 Å². The summed E-state index contributed by atoms with van der Waals surface area (Å²) in [6.07, 6.45) is 0.904. The predicted molar refractivity (Wildman–Crippen MR) is 80.2 cm³/mol. The average Bonchev–Trinajstić information content (AvgIpc) is 2.41. The number of likely N-dealkylation sites (tertiary alicyclic amines) is 1. The van der Waals surface area contributed by atoms with Crippen molar-refractivity contribution >= 4 is 27.5 Å². The number of nitro benzene ring substituents is 1. The van der Waals surface area contributed by atoms with Gasteiger partial charge in [-0.15, -0.1) is 0 Å². The van der Waals surface area contributed by atoms with Crippen LogP contribution in [0, 0.1) is 23.0 Å². The molecule has 2 rings (SSSR count). The van der Waals surface area contributed by atoms with Gasteiger partial charge in [0, 0.05) is 35.1 Å². The number of hydrogen-bond acceptors (Lipinski definition) is 3. The molecule has 6 heteroatoms. The van der Waals surface area contributed by atoms with E-state index in [2.05, 4.69) is 22.9 Å². The lowest BCUT2D eigenvalue weighted by Crippen LogP contribution is -2.43. The Morgan fingerprint density at radius 1 is 1.50 bits per heavy atom. The normalized spacial score (nSPS) is 22.6. The Balaban J connectivity index is 2.21. The average molecular weight is 341 g/mol. The number of halogens is 1. The van der Waals surface area contributed by atoms with Crippen LogP contribution in [0.5, 0.6) is 0 Å². The Hall–Kier alpha value is -1.43. The fourth-order valence-electron chi connectivity index (χ4n) is 2.42. The minimum absolute atomic E-state index is 0.000670. The monoisotopic (exact) mass is 340 g/mol. The number of alkyl halides is 1. The topological polar surface area (TPSA) is 63.5 Å². The first-order valence-corrected chi connectivity index (χ1v) is 7.50. The molecular weight excluding hydrogens is 324 g/mol. The zero-order valence-electron chi connectivity index (χ0n) is 11.5. The number of benzene rings is 1. The Labute approximate surface area is 126 Å². The fourth-order valence-corrected chi connectivity index (χ4v) is 2.80. The third kappa shape index (κ3) is 3.00. The van der Waals surface area contributed by atoms with Gasteiger partial charge in [-0.3, -0.25) is 14.9 Å². The Morgan fingerprint density at radius 3 is 2.80 bits per heavy atom. The zero-order chi connectivity index (χ0) is 14.9. The largest absolute Gasteiger partial charge is 0.338 e. The molecule has 2 atom stereocenters. The summed E-state index contributed by atoms with van der Waals surface area (Å²) in [5.41, 5.74) is 0.959. The number of nitro groups is 1. The third-order valence-electron chi connectivity index (χ3n) is 3.74. The molecule has 0 aliphatic carbocycles. The van der Waals surface area contributed by atoms with Crippen LogP contribution in [0.25, 0.3) is 0 Å². The van der Waals surface area contributed by atoms with E-state index in [1.165, 1.54) is 6.07 Å². The molecule has 0 saturated carbocycles. The molecule has 1 aromatic rings. The molecule has 1 amide bonds. The lowest BCUT2D eigenvalue weighted by atomic mass is 9.99. The molecule has 2 unspecified atom stereocenters. The SMILES string of the molecule is Cc1ccc(C(=O)N2CCC(Br)C(C)C2)cc1[N+](=O)[O-]. The molecule has 1 aliphatic rings. The van der Waals surface area contributed by atoms with Crippen LogP contribution < -0.4 is 0 Å². The molecule has 0 bridgehead atoms. The standard InChI is InChI=1S/C14H17BrN2O3/c1-9-3-4-11(7-13(9)17(19)20)14(18)16-6-5-12(15)10(2)8-16/h3-4,7,10,12H,5-6,8H2,1-2H3. The molecule has 0 aromatic heterocycles. The Bertz CT molecular complexity index is 547. The van der Waals surface area contributed by atoms with Crippen LogP contribution in [0.2, 0.25) is 0 Å². The predicted octanol–water partition coefficient (Wildman–Crippen LogP) is 3.15. The maximum Gasteiger partial charge on any atom is 0.273 e. The highest BCUT2D eigenvalue weighted by molar-refractivity contribution is 9.09. The van der Waals surface area contributed by atoms with Gasteiger partial charge >= 0.3 is 0 Å². The lowest BCUT2D eigenvalue weighted by Gasteiger charge is -2.34. The molecule has 1 saturated heterocycles. The van der Waals surface area contributed by atoms with E-state index in [0.717, 1.165) is 6.42 Å². The molecule has 1 aliphatic heterocycles. The molecule has 0 radical (unpaired) electrons. The number of carbonyl (C=O) groups is 1. The zero-order valence-corrected chi connectivity index (χ0v) is 13.1. The van der Waals surface area contributed by atoms with E-state index in [4.69, 9.17) is 0 Å². The van der Waals surface area contributed by atoms with E-state index in [1.807, 2.05) is 0 Å². The van der Waals surface area contributed by atoms with E-state index in [9.17, 15) is 14.9 Å². The fraction of sp³-hybridized carbons (Fsp3) is 0.500. The van der Waals surface area contributed by atoms with Crippen LogP contribution in [0.3, 0.4) is 0 Å².